The van der Waals surface area contributed by atoms with Crippen LogP contribution >= 0.6 is 0 Å². The maximum atomic E-state index is 5.61. The van der Waals surface area contributed by atoms with Gasteiger partial charge in [-0.15, -0.1) is 0 Å². The van der Waals surface area contributed by atoms with Crippen molar-refractivity contribution in [1.29, 1.82) is 0 Å². The van der Waals surface area contributed by atoms with Crippen LogP contribution in [0.1, 0.15) is 37.3 Å². The smallest absolute Gasteiger partial charge is 0.0697 e. The van der Waals surface area contributed by atoms with Crippen LogP contribution in [0.4, 0.5) is 0 Å². The van der Waals surface area contributed by atoms with Gasteiger partial charge in [-0.05, 0) is 37.3 Å². The van der Waals surface area contributed by atoms with Gasteiger partial charge in [-0.25, -0.2) is 0 Å². The van der Waals surface area contributed by atoms with Crippen LogP contribution in [0.15, 0.2) is 24.5 Å². The van der Waals surface area contributed by atoms with Gasteiger partial charge in [0.1, 0.15) is 0 Å². The molecule has 1 aromatic heterocycles. The summed E-state index contributed by atoms with van der Waals surface area (Å²) in [4.78, 5) is 4.12. The number of ether oxygens (including phenoxy) is 1. The second-order valence-electron chi connectivity index (χ2n) is 4.45. The van der Waals surface area contributed by atoms with Crippen molar-refractivity contribution in [3.63, 3.8) is 0 Å². The van der Waals surface area contributed by atoms with Gasteiger partial charge in [0, 0.05) is 19.5 Å². The number of nitrogens with one attached hydrogen (secondary N) is 1. The molecule has 0 saturated heterocycles. The van der Waals surface area contributed by atoms with E-state index in [0.717, 1.165) is 24.8 Å². The van der Waals surface area contributed by atoms with Gasteiger partial charge in [0.25, 0.3) is 0 Å². The van der Waals surface area contributed by atoms with Gasteiger partial charge in [-0.1, -0.05) is 6.07 Å². The van der Waals surface area contributed by atoms with E-state index in [1.54, 1.807) is 13.3 Å². The Balaban J connectivity index is 2.06. The maximum absolute atomic E-state index is 5.61. The Hall–Kier alpha value is -0.970. The Morgan fingerprint density at radius 1 is 1.62 bits per heavy atom. The molecule has 4 heteroatoms. The fourth-order valence-electron chi connectivity index (χ4n) is 2.29. The van der Waals surface area contributed by atoms with E-state index in [-0.39, 0.29) is 11.6 Å². The highest BCUT2D eigenvalue weighted by atomic mass is 16.5. The molecule has 2 rings (SSSR count). The van der Waals surface area contributed by atoms with Crippen molar-refractivity contribution in [3.8, 4) is 0 Å². The average Bonchev–Trinajstić information content (AvgIpc) is 2.30. The molecule has 4 nitrogen and oxygen atoms in total. The average molecular weight is 221 g/mol. The third-order valence-corrected chi connectivity index (χ3v) is 3.56. The summed E-state index contributed by atoms with van der Waals surface area (Å²) in [6.07, 6.45) is 8.03. The minimum absolute atomic E-state index is 0.0207. The molecule has 1 saturated carbocycles. The zero-order valence-corrected chi connectivity index (χ0v) is 9.65. The monoisotopic (exact) mass is 221 g/mol. The summed E-state index contributed by atoms with van der Waals surface area (Å²) < 4.78 is 5.61. The molecule has 0 aromatic carbocycles. The predicted octanol–water partition coefficient (Wildman–Crippen LogP) is 1.55. The number of rotatable bonds is 5. The third-order valence-electron chi connectivity index (χ3n) is 3.56. The number of nitrogens with zero attached hydrogens (tertiary/aromatic N) is 1. The van der Waals surface area contributed by atoms with Crippen LogP contribution in [0.3, 0.4) is 0 Å². The van der Waals surface area contributed by atoms with Crippen LogP contribution in [0, 0.1) is 0 Å². The van der Waals surface area contributed by atoms with Gasteiger partial charge in [-0.3, -0.25) is 16.3 Å². The first kappa shape index (κ1) is 11.5. The molecular formula is C12H19N3O. The SMILES string of the molecule is COC1(CC(NN)c2cccnc2)CCC1. The summed E-state index contributed by atoms with van der Waals surface area (Å²) in [5, 5.41) is 0. The molecule has 0 aliphatic heterocycles. The molecule has 1 atom stereocenters. The topological polar surface area (TPSA) is 60.2 Å². The van der Waals surface area contributed by atoms with Crippen LogP contribution in [-0.2, 0) is 4.74 Å². The first-order valence-corrected chi connectivity index (χ1v) is 5.71. The Labute approximate surface area is 96.2 Å². The number of hydrogen-bond acceptors (Lipinski definition) is 4. The van der Waals surface area contributed by atoms with Gasteiger partial charge in [0.05, 0.1) is 11.6 Å². The number of methoxy groups -OCH3 is 1. The number of aromatic nitrogens is 1. The van der Waals surface area contributed by atoms with Crippen LogP contribution in [0.2, 0.25) is 0 Å². The molecular weight excluding hydrogens is 202 g/mol. The van der Waals surface area contributed by atoms with E-state index in [2.05, 4.69) is 10.4 Å². The van der Waals surface area contributed by atoms with Crippen molar-refractivity contribution >= 4 is 0 Å². The first-order valence-electron chi connectivity index (χ1n) is 5.71. The molecule has 1 aromatic rings. The van der Waals surface area contributed by atoms with E-state index in [9.17, 15) is 0 Å². The molecule has 0 radical (unpaired) electrons. The highest BCUT2D eigenvalue weighted by molar-refractivity contribution is 5.15. The van der Waals surface area contributed by atoms with Crippen molar-refractivity contribution in [1.82, 2.24) is 10.4 Å². The second kappa shape index (κ2) is 4.91. The molecule has 1 fully saturated rings. The molecule has 1 unspecified atom stereocenters. The molecule has 1 heterocycles. The summed E-state index contributed by atoms with van der Waals surface area (Å²) in [5.41, 5.74) is 4.00. The molecule has 0 spiro atoms. The van der Waals surface area contributed by atoms with Crippen molar-refractivity contribution in [3.05, 3.63) is 30.1 Å². The Bertz CT molecular complexity index is 319. The van der Waals surface area contributed by atoms with Crippen LogP contribution < -0.4 is 11.3 Å². The van der Waals surface area contributed by atoms with E-state index in [4.69, 9.17) is 10.6 Å². The van der Waals surface area contributed by atoms with E-state index < -0.39 is 0 Å². The van der Waals surface area contributed by atoms with Gasteiger partial charge >= 0.3 is 0 Å². The summed E-state index contributed by atoms with van der Waals surface area (Å²) >= 11 is 0. The molecule has 16 heavy (non-hydrogen) atoms. The van der Waals surface area contributed by atoms with Crippen LogP contribution in [-0.4, -0.2) is 17.7 Å². The lowest BCUT2D eigenvalue weighted by atomic mass is 9.75. The maximum Gasteiger partial charge on any atom is 0.0697 e. The van der Waals surface area contributed by atoms with Gasteiger partial charge < -0.3 is 4.74 Å². The summed E-state index contributed by atoms with van der Waals surface area (Å²) in [5.74, 6) is 5.61. The van der Waals surface area contributed by atoms with Crippen molar-refractivity contribution < 1.29 is 4.74 Å². The third kappa shape index (κ3) is 2.24. The summed E-state index contributed by atoms with van der Waals surface area (Å²) in [7, 11) is 1.79. The molecule has 88 valence electrons. The van der Waals surface area contributed by atoms with Gasteiger partial charge in [0.15, 0.2) is 0 Å². The molecule has 0 bridgehead atoms. The Kier molecular flexibility index (Phi) is 3.53. The molecule has 1 aliphatic rings. The normalized spacial score (nSPS) is 20.1. The zero-order valence-electron chi connectivity index (χ0n) is 9.65. The fraction of sp³-hybridized carbons (Fsp3) is 0.583. The minimum Gasteiger partial charge on any atom is -0.378 e. The molecule has 0 amide bonds. The van der Waals surface area contributed by atoms with Gasteiger partial charge in [-0.2, -0.15) is 0 Å². The predicted molar refractivity (Wildman–Crippen MR) is 62.5 cm³/mol. The number of pyridine rings is 1. The van der Waals surface area contributed by atoms with E-state index in [0.29, 0.717) is 0 Å². The molecule has 1 aliphatic carbocycles. The van der Waals surface area contributed by atoms with E-state index in [1.807, 2.05) is 18.3 Å². The number of nitrogens with two attached hydrogens (primary N) is 1. The first-order chi connectivity index (χ1) is 7.79. The van der Waals surface area contributed by atoms with Crippen molar-refractivity contribution in [2.75, 3.05) is 7.11 Å². The Morgan fingerprint density at radius 2 is 2.44 bits per heavy atom. The van der Waals surface area contributed by atoms with E-state index in [1.165, 1.54) is 6.42 Å². The largest absolute Gasteiger partial charge is 0.378 e. The zero-order chi connectivity index (χ0) is 11.4. The lowest BCUT2D eigenvalue weighted by Gasteiger charge is -2.42. The quantitative estimate of drug-likeness (QED) is 0.585. The highest BCUT2D eigenvalue weighted by Gasteiger charge is 2.39. The van der Waals surface area contributed by atoms with Crippen molar-refractivity contribution in [2.24, 2.45) is 5.84 Å². The highest BCUT2D eigenvalue weighted by Crippen LogP contribution is 2.41. The fourth-order valence-corrected chi connectivity index (χ4v) is 2.29. The lowest BCUT2D eigenvalue weighted by Crippen LogP contribution is -2.44. The summed E-state index contributed by atoms with van der Waals surface area (Å²) in [6.45, 7) is 0. The second-order valence-corrected chi connectivity index (χ2v) is 4.45. The molecule has 3 N–H and O–H groups in total. The standard InChI is InChI=1S/C12H19N3O/c1-16-12(5-3-6-12)8-11(15-13)10-4-2-7-14-9-10/h2,4,7,9,11,15H,3,5-6,8,13H2,1H3. The Morgan fingerprint density at radius 3 is 2.88 bits per heavy atom. The van der Waals surface area contributed by atoms with E-state index >= 15 is 0 Å². The van der Waals surface area contributed by atoms with Crippen LogP contribution in [0.25, 0.3) is 0 Å². The number of hydrazine groups is 1. The number of hydrogen-bond donors (Lipinski definition) is 2. The minimum atomic E-state index is 0.0207. The van der Waals surface area contributed by atoms with Crippen molar-refractivity contribution in [2.45, 2.75) is 37.3 Å². The van der Waals surface area contributed by atoms with Crippen LogP contribution in [0.5, 0.6) is 0 Å². The summed E-state index contributed by atoms with van der Waals surface area (Å²) in [6, 6.07) is 4.09. The lowest BCUT2D eigenvalue weighted by molar-refractivity contribution is -0.0838. The van der Waals surface area contributed by atoms with Gasteiger partial charge in [0.2, 0.25) is 0 Å².